The van der Waals surface area contributed by atoms with E-state index in [0.29, 0.717) is 0 Å². The summed E-state index contributed by atoms with van der Waals surface area (Å²) in [5, 5.41) is 22.4. The number of benzene rings is 2. The molecule has 0 bridgehead atoms. The number of aromatic hydroxyl groups is 2. The van der Waals surface area contributed by atoms with Crippen LogP contribution in [0, 0.1) is 0 Å². The second-order valence-corrected chi connectivity index (χ2v) is 4.66. The summed E-state index contributed by atoms with van der Waals surface area (Å²) in [5.74, 6) is -0.330. The first kappa shape index (κ1) is 16.4. The van der Waals surface area contributed by atoms with Gasteiger partial charge < -0.3 is 19.8 Å². The van der Waals surface area contributed by atoms with Gasteiger partial charge in [-0.3, -0.25) is 0 Å². The molecule has 0 aliphatic carbocycles. The van der Waals surface area contributed by atoms with Crippen LogP contribution in [-0.4, -0.2) is 29.0 Å². The van der Waals surface area contributed by atoms with Crippen molar-refractivity contribution in [3.05, 3.63) is 59.7 Å². The Kier molecular flexibility index (Phi) is 5.57. The molecule has 0 amide bonds. The lowest BCUT2D eigenvalue weighted by Gasteiger charge is -2.16. The van der Waals surface area contributed by atoms with Crippen molar-refractivity contribution in [2.75, 3.05) is 6.61 Å². The van der Waals surface area contributed by atoms with E-state index >= 15 is 0 Å². The first-order valence-corrected chi connectivity index (χ1v) is 7.04. The highest BCUT2D eigenvalue weighted by Gasteiger charge is 2.16. The number of rotatable bonds is 6. The van der Waals surface area contributed by atoms with Crippen molar-refractivity contribution in [1.29, 1.82) is 0 Å². The van der Waals surface area contributed by atoms with E-state index < -0.39 is 12.1 Å². The molecule has 0 spiro atoms. The summed E-state index contributed by atoms with van der Waals surface area (Å²) < 4.78 is 4.73. The number of phenols is 2. The Hall–Kier alpha value is -3.02. The van der Waals surface area contributed by atoms with E-state index in [-0.39, 0.29) is 18.1 Å². The number of oxime groups is 1. The molecule has 2 aromatic rings. The van der Waals surface area contributed by atoms with E-state index in [1.165, 1.54) is 24.3 Å². The maximum Gasteiger partial charge on any atom is 0.352 e. The van der Waals surface area contributed by atoms with Crippen molar-refractivity contribution in [1.82, 2.24) is 0 Å². The fourth-order valence-electron chi connectivity index (χ4n) is 1.93. The summed E-state index contributed by atoms with van der Waals surface area (Å²) in [5.41, 5.74) is 1.46. The fourth-order valence-corrected chi connectivity index (χ4v) is 1.93. The van der Waals surface area contributed by atoms with Gasteiger partial charge in [0.05, 0.1) is 6.61 Å². The van der Waals surface area contributed by atoms with E-state index in [1.807, 2.05) is 0 Å². The molecule has 0 aromatic heterocycles. The van der Waals surface area contributed by atoms with Crippen LogP contribution in [0.25, 0.3) is 0 Å². The van der Waals surface area contributed by atoms with Gasteiger partial charge in [-0.15, -0.1) is 0 Å². The predicted molar refractivity (Wildman–Crippen MR) is 84.3 cm³/mol. The molecule has 0 aliphatic rings. The zero-order valence-electron chi connectivity index (χ0n) is 12.5. The van der Waals surface area contributed by atoms with Gasteiger partial charge in [0.2, 0.25) is 0 Å². The summed E-state index contributed by atoms with van der Waals surface area (Å²) in [7, 11) is 0. The van der Waals surface area contributed by atoms with E-state index in [2.05, 4.69) is 5.16 Å². The average Bonchev–Trinajstić information content (AvgIpc) is 2.54. The van der Waals surface area contributed by atoms with Crippen molar-refractivity contribution in [3.8, 4) is 11.5 Å². The van der Waals surface area contributed by atoms with Crippen molar-refractivity contribution < 1.29 is 24.6 Å². The second-order valence-electron chi connectivity index (χ2n) is 4.66. The standard InChI is InChI=1S/C17H17NO5/c1-2-22-16(21)11-18-23-17(12-3-7-14(19)8-4-12)13-5-9-15(20)10-6-13/h3-11,17,19-20H,2H2,1H3. The van der Waals surface area contributed by atoms with Crippen molar-refractivity contribution >= 4 is 12.2 Å². The topological polar surface area (TPSA) is 88.4 Å². The number of nitrogens with zero attached hydrogens (tertiary/aromatic N) is 1. The van der Waals surface area contributed by atoms with Crippen LogP contribution in [0.1, 0.15) is 24.2 Å². The van der Waals surface area contributed by atoms with E-state index in [1.54, 1.807) is 31.2 Å². The Morgan fingerprint density at radius 3 is 1.96 bits per heavy atom. The predicted octanol–water partition coefficient (Wildman–Crippen LogP) is 2.75. The third kappa shape index (κ3) is 4.74. The van der Waals surface area contributed by atoms with Crippen LogP contribution < -0.4 is 0 Å². The van der Waals surface area contributed by atoms with E-state index in [9.17, 15) is 15.0 Å². The average molecular weight is 315 g/mol. The van der Waals surface area contributed by atoms with E-state index in [4.69, 9.17) is 9.57 Å². The molecule has 6 nitrogen and oxygen atoms in total. The monoisotopic (exact) mass is 315 g/mol. The molecule has 0 fully saturated rings. The minimum Gasteiger partial charge on any atom is -0.508 e. The molecule has 2 N–H and O–H groups in total. The van der Waals surface area contributed by atoms with Crippen molar-refractivity contribution in [2.45, 2.75) is 13.0 Å². The molecular weight excluding hydrogens is 298 g/mol. The van der Waals surface area contributed by atoms with Gasteiger partial charge in [0.15, 0.2) is 12.3 Å². The van der Waals surface area contributed by atoms with Crippen LogP contribution in [0.2, 0.25) is 0 Å². The van der Waals surface area contributed by atoms with Crippen LogP contribution in [-0.2, 0) is 14.4 Å². The van der Waals surface area contributed by atoms with Crippen LogP contribution in [0.5, 0.6) is 11.5 Å². The summed E-state index contributed by atoms with van der Waals surface area (Å²) in [6, 6.07) is 12.9. The minimum atomic E-state index is -0.595. The number of ether oxygens (including phenoxy) is 1. The third-order valence-corrected chi connectivity index (χ3v) is 3.00. The number of carbonyl (C=O) groups is 1. The van der Waals surface area contributed by atoms with Gasteiger partial charge >= 0.3 is 5.97 Å². The Morgan fingerprint density at radius 1 is 1.04 bits per heavy atom. The molecule has 120 valence electrons. The second kappa shape index (κ2) is 7.84. The van der Waals surface area contributed by atoms with Gasteiger partial charge in [0.25, 0.3) is 0 Å². The zero-order chi connectivity index (χ0) is 16.7. The van der Waals surface area contributed by atoms with Gasteiger partial charge in [0, 0.05) is 0 Å². The molecular formula is C17H17NO5. The van der Waals surface area contributed by atoms with Crippen molar-refractivity contribution in [2.24, 2.45) is 5.16 Å². The summed E-state index contributed by atoms with van der Waals surface area (Å²) in [6.45, 7) is 1.95. The molecule has 0 saturated carbocycles. The molecule has 0 saturated heterocycles. The molecule has 6 heteroatoms. The lowest BCUT2D eigenvalue weighted by Crippen LogP contribution is -2.07. The highest BCUT2D eigenvalue weighted by molar-refractivity contribution is 6.22. The van der Waals surface area contributed by atoms with Gasteiger partial charge in [-0.25, -0.2) is 4.79 Å². The lowest BCUT2D eigenvalue weighted by molar-refractivity contribution is -0.134. The largest absolute Gasteiger partial charge is 0.508 e. The summed E-state index contributed by atoms with van der Waals surface area (Å²) in [6.07, 6.45) is 0.360. The fraction of sp³-hybridized carbons (Fsp3) is 0.176. The van der Waals surface area contributed by atoms with Crippen LogP contribution >= 0.6 is 0 Å². The lowest BCUT2D eigenvalue weighted by atomic mass is 10.0. The maximum atomic E-state index is 11.3. The minimum absolute atomic E-state index is 0.133. The highest BCUT2D eigenvalue weighted by atomic mass is 16.6. The van der Waals surface area contributed by atoms with Gasteiger partial charge in [-0.2, -0.15) is 0 Å². The number of esters is 1. The van der Waals surface area contributed by atoms with Crippen LogP contribution in [0.4, 0.5) is 0 Å². The number of hydrogen-bond acceptors (Lipinski definition) is 6. The molecule has 0 atom stereocenters. The van der Waals surface area contributed by atoms with Crippen LogP contribution in [0.3, 0.4) is 0 Å². The van der Waals surface area contributed by atoms with E-state index in [0.717, 1.165) is 17.3 Å². The smallest absolute Gasteiger partial charge is 0.352 e. The molecule has 2 aromatic carbocycles. The zero-order valence-corrected chi connectivity index (χ0v) is 12.5. The molecule has 0 radical (unpaired) electrons. The Morgan fingerprint density at radius 2 is 1.52 bits per heavy atom. The summed E-state index contributed by atoms with van der Waals surface area (Å²) in [4.78, 5) is 16.7. The molecule has 2 rings (SSSR count). The Labute approximate surface area is 133 Å². The molecule has 0 aliphatic heterocycles. The third-order valence-electron chi connectivity index (χ3n) is 3.00. The first-order valence-electron chi connectivity index (χ1n) is 7.04. The summed E-state index contributed by atoms with van der Waals surface area (Å²) >= 11 is 0. The number of hydrogen-bond donors (Lipinski definition) is 2. The quantitative estimate of drug-likeness (QED) is 0.486. The molecule has 0 unspecified atom stereocenters. The SMILES string of the molecule is CCOC(=O)C=NOC(c1ccc(O)cc1)c1ccc(O)cc1. The highest BCUT2D eigenvalue weighted by Crippen LogP contribution is 2.28. The van der Waals surface area contributed by atoms with Crippen molar-refractivity contribution in [3.63, 3.8) is 0 Å². The molecule has 0 heterocycles. The normalized spacial score (nSPS) is 10.9. The van der Waals surface area contributed by atoms with Gasteiger partial charge in [0.1, 0.15) is 11.5 Å². The maximum absolute atomic E-state index is 11.3. The Bertz CT molecular complexity index is 619. The first-order chi connectivity index (χ1) is 11.1. The number of carbonyl (C=O) groups excluding carboxylic acids is 1. The van der Waals surface area contributed by atoms with Gasteiger partial charge in [-0.05, 0) is 42.3 Å². The van der Waals surface area contributed by atoms with Gasteiger partial charge in [-0.1, -0.05) is 29.4 Å². The number of phenolic OH excluding ortho intramolecular Hbond substituents is 2. The molecule has 23 heavy (non-hydrogen) atoms. The Balaban J connectivity index is 2.22. The van der Waals surface area contributed by atoms with Crippen LogP contribution in [0.15, 0.2) is 53.7 Å².